The van der Waals surface area contributed by atoms with E-state index in [0.717, 1.165) is 0 Å². The van der Waals surface area contributed by atoms with Crippen molar-refractivity contribution < 1.29 is 34.0 Å². The molecule has 1 aliphatic rings. The standard InChI is InChI=1S/C24H26BrIN4O7/c1-4-36-18-9-14(21-20(23(33)35-3)12(2)28-24(34)29-21)5-6-17(18)37-11-19(31)30-27-10-13-7-15(25)22(32)16(26)8-13/h5-10,19,21,30-32H,4,11H2,1-3H3,(H2,28,29,34)/b27-10-/t19-,21-/m0/s1. The van der Waals surface area contributed by atoms with Crippen molar-refractivity contribution in [3.05, 3.63) is 60.8 Å². The van der Waals surface area contributed by atoms with Gasteiger partial charge in [-0.05, 0) is 87.8 Å². The number of benzene rings is 2. The van der Waals surface area contributed by atoms with Crippen molar-refractivity contribution in [1.82, 2.24) is 16.1 Å². The molecule has 0 fully saturated rings. The molecule has 37 heavy (non-hydrogen) atoms. The van der Waals surface area contributed by atoms with Gasteiger partial charge in [-0.25, -0.2) is 9.59 Å². The molecule has 0 saturated heterocycles. The normalized spacial score (nSPS) is 16.2. The summed E-state index contributed by atoms with van der Waals surface area (Å²) in [5, 5.41) is 29.4. The topological polar surface area (TPSA) is 151 Å². The van der Waals surface area contributed by atoms with Crippen LogP contribution in [0.1, 0.15) is 31.0 Å². The zero-order valence-electron chi connectivity index (χ0n) is 20.2. The second-order valence-electron chi connectivity index (χ2n) is 7.75. The maximum absolute atomic E-state index is 12.4. The number of phenols is 1. The molecule has 0 bridgehead atoms. The van der Waals surface area contributed by atoms with Gasteiger partial charge in [0.05, 0.1) is 39.6 Å². The maximum atomic E-state index is 12.4. The number of phenolic OH excluding ortho intramolecular Hbond substituents is 1. The highest BCUT2D eigenvalue weighted by Gasteiger charge is 2.32. The Bertz CT molecular complexity index is 1210. The van der Waals surface area contributed by atoms with E-state index in [-0.39, 0.29) is 17.9 Å². The third-order valence-electron chi connectivity index (χ3n) is 5.15. The lowest BCUT2D eigenvalue weighted by Gasteiger charge is -2.28. The Labute approximate surface area is 235 Å². The van der Waals surface area contributed by atoms with Crippen molar-refractivity contribution >= 4 is 56.7 Å². The highest BCUT2D eigenvalue weighted by molar-refractivity contribution is 14.1. The van der Waals surface area contributed by atoms with E-state index >= 15 is 0 Å². The van der Waals surface area contributed by atoms with Gasteiger partial charge in [0.1, 0.15) is 12.4 Å². The third-order valence-corrected chi connectivity index (χ3v) is 6.58. The predicted octanol–water partition coefficient (Wildman–Crippen LogP) is 3.28. The van der Waals surface area contributed by atoms with Gasteiger partial charge in [0.2, 0.25) is 0 Å². The molecule has 1 aliphatic heterocycles. The highest BCUT2D eigenvalue weighted by atomic mass is 127. The van der Waals surface area contributed by atoms with Crippen molar-refractivity contribution in [1.29, 1.82) is 0 Å². The van der Waals surface area contributed by atoms with E-state index in [0.29, 0.717) is 43.0 Å². The number of methoxy groups -OCH3 is 1. The number of nitrogens with one attached hydrogen (secondary N) is 3. The lowest BCUT2D eigenvalue weighted by Crippen LogP contribution is -2.45. The monoisotopic (exact) mass is 688 g/mol. The summed E-state index contributed by atoms with van der Waals surface area (Å²) in [4.78, 5) is 24.4. The number of aliphatic hydroxyl groups is 1. The summed E-state index contributed by atoms with van der Waals surface area (Å²) in [5.74, 6) is 0.296. The molecule has 0 aromatic heterocycles. The third kappa shape index (κ3) is 7.26. The number of hydrogen-bond acceptors (Lipinski definition) is 9. The zero-order valence-corrected chi connectivity index (χ0v) is 23.9. The molecule has 2 atom stereocenters. The summed E-state index contributed by atoms with van der Waals surface area (Å²) in [5.41, 5.74) is 4.53. The molecule has 2 amide bonds. The number of amides is 2. The van der Waals surface area contributed by atoms with Crippen LogP contribution in [0.5, 0.6) is 17.2 Å². The number of ether oxygens (including phenoxy) is 3. The molecular formula is C24H26BrIN4O7. The minimum atomic E-state index is -1.13. The van der Waals surface area contributed by atoms with Crippen LogP contribution in [0.2, 0.25) is 0 Å². The van der Waals surface area contributed by atoms with E-state index in [4.69, 9.17) is 14.2 Å². The number of aromatic hydroxyl groups is 1. The molecule has 0 radical (unpaired) electrons. The van der Waals surface area contributed by atoms with Crippen LogP contribution < -0.4 is 25.5 Å². The Hall–Kier alpha value is -3.04. The summed E-state index contributed by atoms with van der Waals surface area (Å²) in [6.45, 7) is 3.62. The summed E-state index contributed by atoms with van der Waals surface area (Å²) in [7, 11) is 1.27. The molecule has 0 saturated carbocycles. The SMILES string of the molecule is CCOc1cc([C@@H]2NC(=O)NC(C)=C2C(=O)OC)ccc1OC[C@H](O)N/N=C\c1cc(Br)c(O)c(I)c1. The molecule has 3 rings (SSSR count). The van der Waals surface area contributed by atoms with Crippen LogP contribution in [0.15, 0.2) is 51.2 Å². The van der Waals surface area contributed by atoms with Crippen molar-refractivity contribution in [2.24, 2.45) is 5.10 Å². The van der Waals surface area contributed by atoms with Gasteiger partial charge in [-0.3, -0.25) is 5.43 Å². The molecule has 198 valence electrons. The Morgan fingerprint density at radius 2 is 2.05 bits per heavy atom. The molecule has 0 aliphatic carbocycles. The Balaban J connectivity index is 1.71. The number of carbonyl (C=O) groups is 2. The summed E-state index contributed by atoms with van der Waals surface area (Å²) < 4.78 is 17.5. The van der Waals surface area contributed by atoms with Crippen LogP contribution in [-0.2, 0) is 9.53 Å². The maximum Gasteiger partial charge on any atom is 0.337 e. The van der Waals surface area contributed by atoms with E-state index in [9.17, 15) is 19.8 Å². The lowest BCUT2D eigenvalue weighted by atomic mass is 9.95. The predicted molar refractivity (Wildman–Crippen MR) is 147 cm³/mol. The molecule has 0 unspecified atom stereocenters. The van der Waals surface area contributed by atoms with Gasteiger partial charge in [-0.1, -0.05) is 6.07 Å². The van der Waals surface area contributed by atoms with E-state index in [1.54, 1.807) is 44.2 Å². The number of halogens is 2. The first-order valence-electron chi connectivity index (χ1n) is 11.0. The van der Waals surface area contributed by atoms with Gasteiger partial charge in [-0.15, -0.1) is 0 Å². The van der Waals surface area contributed by atoms with Crippen LogP contribution in [0, 0.1) is 3.57 Å². The number of rotatable bonds is 10. The van der Waals surface area contributed by atoms with Crippen LogP contribution in [0.3, 0.4) is 0 Å². The van der Waals surface area contributed by atoms with Gasteiger partial charge < -0.3 is 35.1 Å². The molecule has 1 heterocycles. The van der Waals surface area contributed by atoms with E-state index in [2.05, 4.69) is 37.1 Å². The number of hydrazone groups is 1. The van der Waals surface area contributed by atoms with Gasteiger partial charge >= 0.3 is 12.0 Å². The molecule has 2 aromatic carbocycles. The number of allylic oxidation sites excluding steroid dienone is 1. The average molecular weight is 689 g/mol. The molecule has 2 aromatic rings. The summed E-state index contributed by atoms with van der Waals surface area (Å²) >= 11 is 5.27. The van der Waals surface area contributed by atoms with Crippen LogP contribution in [-0.4, -0.2) is 55.0 Å². The minimum Gasteiger partial charge on any atom is -0.506 e. The van der Waals surface area contributed by atoms with Crippen LogP contribution >= 0.6 is 38.5 Å². The first-order valence-corrected chi connectivity index (χ1v) is 12.9. The second-order valence-corrected chi connectivity index (χ2v) is 9.76. The Morgan fingerprint density at radius 3 is 2.73 bits per heavy atom. The molecule has 0 spiro atoms. The minimum absolute atomic E-state index is 0.144. The smallest absolute Gasteiger partial charge is 0.337 e. The molecule has 11 nitrogen and oxygen atoms in total. The van der Waals surface area contributed by atoms with Crippen molar-refractivity contribution in [2.75, 3.05) is 20.3 Å². The van der Waals surface area contributed by atoms with Crippen LogP contribution in [0.4, 0.5) is 4.79 Å². The fraction of sp³-hybridized carbons (Fsp3) is 0.292. The lowest BCUT2D eigenvalue weighted by molar-refractivity contribution is -0.136. The van der Waals surface area contributed by atoms with Crippen molar-refractivity contribution in [3.8, 4) is 17.2 Å². The number of nitrogens with zero attached hydrogens (tertiary/aromatic N) is 1. The second kappa shape index (κ2) is 13.0. The highest BCUT2D eigenvalue weighted by Crippen LogP contribution is 2.35. The number of carbonyl (C=O) groups excluding carboxylic acids is 2. The number of urea groups is 1. The number of hydrogen-bond donors (Lipinski definition) is 5. The van der Waals surface area contributed by atoms with Crippen molar-refractivity contribution in [3.63, 3.8) is 0 Å². The molecular weight excluding hydrogens is 663 g/mol. The average Bonchev–Trinajstić information content (AvgIpc) is 2.85. The Kier molecular flexibility index (Phi) is 10.00. The first kappa shape index (κ1) is 28.5. The van der Waals surface area contributed by atoms with Gasteiger partial charge in [0.25, 0.3) is 0 Å². The summed E-state index contributed by atoms with van der Waals surface area (Å²) in [6.07, 6.45) is 0.364. The molecule has 13 heteroatoms. The van der Waals surface area contributed by atoms with E-state index < -0.39 is 24.3 Å². The van der Waals surface area contributed by atoms with Gasteiger partial charge in [0.15, 0.2) is 17.7 Å². The first-order chi connectivity index (χ1) is 17.6. The Morgan fingerprint density at radius 1 is 1.30 bits per heavy atom. The van der Waals surface area contributed by atoms with E-state index in [1.165, 1.54) is 13.3 Å². The van der Waals surface area contributed by atoms with Crippen molar-refractivity contribution in [2.45, 2.75) is 26.1 Å². The fourth-order valence-corrected chi connectivity index (χ4v) is 4.98. The van der Waals surface area contributed by atoms with Gasteiger partial charge in [-0.2, -0.15) is 5.10 Å². The number of aliphatic hydroxyl groups excluding tert-OH is 1. The fourth-order valence-electron chi connectivity index (χ4n) is 3.48. The largest absolute Gasteiger partial charge is 0.506 e. The van der Waals surface area contributed by atoms with E-state index in [1.807, 2.05) is 22.6 Å². The van der Waals surface area contributed by atoms with Gasteiger partial charge in [0, 0.05) is 5.70 Å². The summed E-state index contributed by atoms with van der Waals surface area (Å²) in [6, 6.07) is 7.20. The van der Waals surface area contributed by atoms with Crippen LogP contribution in [0.25, 0.3) is 0 Å². The zero-order chi connectivity index (χ0) is 27.1. The number of esters is 1. The quantitative estimate of drug-likeness (QED) is 0.0840. The molecule has 5 N–H and O–H groups in total.